The molecular weight excluding hydrogens is 280 g/mol. The van der Waals surface area contributed by atoms with Crippen LogP contribution in [-0.2, 0) is 19.8 Å². The molecule has 1 aliphatic carbocycles. The summed E-state index contributed by atoms with van der Waals surface area (Å²) in [5.41, 5.74) is -0.678. The summed E-state index contributed by atoms with van der Waals surface area (Å²) in [5.74, 6) is -1.02. The Labute approximate surface area is 120 Å². The number of hydrogen-bond donors (Lipinski definition) is 1. The Bertz CT molecular complexity index is 623. The quantitative estimate of drug-likeness (QED) is 0.931. The first-order chi connectivity index (χ1) is 10.0. The molecule has 6 heteroatoms. The Morgan fingerprint density at radius 2 is 1.95 bits per heavy atom. The van der Waals surface area contributed by atoms with Crippen molar-refractivity contribution in [1.29, 1.82) is 0 Å². The van der Waals surface area contributed by atoms with Gasteiger partial charge in [-0.2, -0.15) is 0 Å². The first-order valence-electron chi connectivity index (χ1n) is 6.76. The van der Waals surface area contributed by atoms with E-state index in [-0.39, 0.29) is 11.3 Å². The second-order valence-electron chi connectivity index (χ2n) is 5.24. The maximum absolute atomic E-state index is 13.9. The van der Waals surface area contributed by atoms with Gasteiger partial charge in [-0.05, 0) is 38.0 Å². The predicted molar refractivity (Wildman–Crippen MR) is 70.0 cm³/mol. The normalized spacial score (nSPS) is 19.6. The van der Waals surface area contributed by atoms with Gasteiger partial charge in [-0.25, -0.2) is 8.78 Å². The smallest absolute Gasteiger partial charge is 0.290 e. The van der Waals surface area contributed by atoms with E-state index in [2.05, 4.69) is 5.32 Å². The topological polar surface area (TPSA) is 47.6 Å². The highest BCUT2D eigenvalue weighted by Crippen LogP contribution is 2.46. The summed E-state index contributed by atoms with van der Waals surface area (Å²) in [6, 6.07) is 3.26. The van der Waals surface area contributed by atoms with Gasteiger partial charge in [-0.15, -0.1) is 0 Å². The molecule has 0 bridgehead atoms. The van der Waals surface area contributed by atoms with Crippen LogP contribution >= 0.6 is 0 Å². The second-order valence-corrected chi connectivity index (χ2v) is 5.24. The van der Waals surface area contributed by atoms with Gasteiger partial charge in [-0.1, -0.05) is 0 Å². The van der Waals surface area contributed by atoms with Crippen LogP contribution < -0.4 is 5.32 Å². The summed E-state index contributed by atoms with van der Waals surface area (Å²) >= 11 is 0. The molecule has 0 saturated heterocycles. The number of rotatable bonds is 3. The standard InChI is InChI=1S/C15H15F2NO3/c1-9-13(21-7-6-20-9)14(19)18-15(4-5-15)11-8-10(16)2-3-12(11)17/h2-3,8H,4-7H2,1H3,(H,18,19). The van der Waals surface area contributed by atoms with Gasteiger partial charge in [0.15, 0.2) is 0 Å². The van der Waals surface area contributed by atoms with Crippen LogP contribution in [0.2, 0.25) is 0 Å². The van der Waals surface area contributed by atoms with Gasteiger partial charge in [0.25, 0.3) is 5.91 Å². The van der Waals surface area contributed by atoms with Crippen molar-refractivity contribution in [1.82, 2.24) is 5.32 Å². The molecule has 1 fully saturated rings. The number of allylic oxidation sites excluding steroid dienone is 1. The van der Waals surface area contributed by atoms with Gasteiger partial charge in [-0.3, -0.25) is 4.79 Å². The van der Waals surface area contributed by atoms with Gasteiger partial charge in [0.05, 0.1) is 5.54 Å². The summed E-state index contributed by atoms with van der Waals surface area (Å²) in [7, 11) is 0. The number of nitrogens with one attached hydrogen (secondary N) is 1. The molecule has 1 amide bonds. The Balaban J connectivity index is 1.84. The summed E-state index contributed by atoms with van der Waals surface area (Å²) in [5, 5.41) is 2.74. The Morgan fingerprint density at radius 3 is 2.62 bits per heavy atom. The average Bonchev–Trinajstić information content (AvgIpc) is 3.22. The number of benzene rings is 1. The van der Waals surface area contributed by atoms with Crippen molar-refractivity contribution in [3.8, 4) is 0 Å². The van der Waals surface area contributed by atoms with Crippen molar-refractivity contribution in [3.63, 3.8) is 0 Å². The first-order valence-corrected chi connectivity index (χ1v) is 6.76. The predicted octanol–water partition coefficient (Wildman–Crippen LogP) is 2.35. The average molecular weight is 295 g/mol. The molecule has 3 rings (SSSR count). The fourth-order valence-corrected chi connectivity index (χ4v) is 2.46. The van der Waals surface area contributed by atoms with Crippen LogP contribution in [0.1, 0.15) is 25.3 Å². The minimum atomic E-state index is -0.850. The largest absolute Gasteiger partial charge is 0.491 e. The van der Waals surface area contributed by atoms with E-state index < -0.39 is 23.1 Å². The Kier molecular flexibility index (Phi) is 3.31. The van der Waals surface area contributed by atoms with E-state index in [4.69, 9.17) is 9.47 Å². The van der Waals surface area contributed by atoms with Crippen LogP contribution in [0.15, 0.2) is 29.7 Å². The van der Waals surface area contributed by atoms with E-state index in [9.17, 15) is 13.6 Å². The van der Waals surface area contributed by atoms with Crippen molar-refractivity contribution in [2.75, 3.05) is 13.2 Å². The van der Waals surface area contributed by atoms with Gasteiger partial charge in [0.1, 0.15) is 30.6 Å². The first kappa shape index (κ1) is 13.9. The van der Waals surface area contributed by atoms with Crippen LogP contribution in [0, 0.1) is 11.6 Å². The monoisotopic (exact) mass is 295 g/mol. The molecule has 1 heterocycles. The van der Waals surface area contributed by atoms with Crippen LogP contribution in [0.4, 0.5) is 8.78 Å². The van der Waals surface area contributed by atoms with Crippen LogP contribution in [0.25, 0.3) is 0 Å². The van der Waals surface area contributed by atoms with Crippen molar-refractivity contribution in [3.05, 3.63) is 46.9 Å². The lowest BCUT2D eigenvalue weighted by Gasteiger charge is -2.23. The third-order valence-electron chi connectivity index (χ3n) is 3.72. The van der Waals surface area contributed by atoms with E-state index in [0.29, 0.717) is 31.8 Å². The van der Waals surface area contributed by atoms with Crippen LogP contribution in [-0.4, -0.2) is 19.1 Å². The summed E-state index contributed by atoms with van der Waals surface area (Å²) < 4.78 is 37.8. The third kappa shape index (κ3) is 2.57. The molecule has 2 aliphatic rings. The lowest BCUT2D eigenvalue weighted by atomic mass is 10.0. The number of carbonyl (C=O) groups excluding carboxylic acids is 1. The molecule has 21 heavy (non-hydrogen) atoms. The third-order valence-corrected chi connectivity index (χ3v) is 3.72. The maximum Gasteiger partial charge on any atom is 0.290 e. The van der Waals surface area contributed by atoms with E-state index in [1.165, 1.54) is 0 Å². The molecule has 0 atom stereocenters. The summed E-state index contributed by atoms with van der Waals surface area (Å²) in [6.45, 7) is 2.32. The van der Waals surface area contributed by atoms with Crippen LogP contribution in [0.3, 0.4) is 0 Å². The highest BCUT2D eigenvalue weighted by Gasteiger charge is 2.48. The zero-order valence-corrected chi connectivity index (χ0v) is 11.5. The van der Waals surface area contributed by atoms with Gasteiger partial charge < -0.3 is 14.8 Å². The van der Waals surface area contributed by atoms with Crippen molar-refractivity contribution in [2.45, 2.75) is 25.3 Å². The van der Waals surface area contributed by atoms with E-state index in [1.807, 2.05) is 0 Å². The molecule has 1 saturated carbocycles. The maximum atomic E-state index is 13.9. The Morgan fingerprint density at radius 1 is 1.24 bits per heavy atom. The number of ether oxygens (including phenoxy) is 2. The highest BCUT2D eigenvalue weighted by atomic mass is 19.1. The fourth-order valence-electron chi connectivity index (χ4n) is 2.46. The molecule has 0 aromatic heterocycles. The molecule has 1 aromatic rings. The molecule has 0 radical (unpaired) electrons. The SMILES string of the molecule is CC1=C(C(=O)NC2(c3cc(F)ccc3F)CC2)OCCO1. The van der Waals surface area contributed by atoms with Gasteiger partial charge in [0.2, 0.25) is 5.76 Å². The lowest BCUT2D eigenvalue weighted by molar-refractivity contribution is -0.123. The number of amides is 1. The molecule has 1 aliphatic heterocycles. The summed E-state index contributed by atoms with van der Waals surface area (Å²) in [6.07, 6.45) is 1.12. The van der Waals surface area contributed by atoms with Crippen LogP contribution in [0.5, 0.6) is 0 Å². The van der Waals surface area contributed by atoms with E-state index >= 15 is 0 Å². The number of halogens is 2. The second kappa shape index (κ2) is 5.02. The molecule has 1 aromatic carbocycles. The number of carbonyl (C=O) groups is 1. The molecule has 4 nitrogen and oxygen atoms in total. The minimum Gasteiger partial charge on any atom is -0.491 e. The Hall–Kier alpha value is -2.11. The molecule has 0 spiro atoms. The van der Waals surface area contributed by atoms with Crippen molar-refractivity contribution >= 4 is 5.91 Å². The van der Waals surface area contributed by atoms with Gasteiger partial charge in [0, 0.05) is 5.56 Å². The summed E-state index contributed by atoms with van der Waals surface area (Å²) in [4.78, 5) is 12.2. The van der Waals surface area contributed by atoms with Gasteiger partial charge >= 0.3 is 0 Å². The van der Waals surface area contributed by atoms with E-state index in [1.54, 1.807) is 6.92 Å². The lowest BCUT2D eigenvalue weighted by Crippen LogP contribution is -2.38. The molecule has 1 N–H and O–H groups in total. The number of hydrogen-bond acceptors (Lipinski definition) is 3. The van der Waals surface area contributed by atoms with Crippen molar-refractivity contribution < 1.29 is 23.0 Å². The molecular formula is C15H15F2NO3. The highest BCUT2D eigenvalue weighted by molar-refractivity contribution is 5.92. The molecule has 0 unspecified atom stereocenters. The zero-order chi connectivity index (χ0) is 15.0. The zero-order valence-electron chi connectivity index (χ0n) is 11.5. The fraction of sp³-hybridized carbons (Fsp3) is 0.400. The van der Waals surface area contributed by atoms with E-state index in [0.717, 1.165) is 18.2 Å². The van der Waals surface area contributed by atoms with Crippen molar-refractivity contribution in [2.24, 2.45) is 0 Å². The minimum absolute atomic E-state index is 0.101. The molecule has 112 valence electrons.